The molecular formula is C19H19ClN2O2. The molecule has 0 aliphatic carbocycles. The monoisotopic (exact) mass is 342 g/mol. The van der Waals surface area contributed by atoms with Gasteiger partial charge in [-0.3, -0.25) is 9.59 Å². The molecule has 2 aromatic carbocycles. The van der Waals surface area contributed by atoms with Gasteiger partial charge in [0, 0.05) is 29.4 Å². The van der Waals surface area contributed by atoms with Crippen LogP contribution in [0.4, 0.5) is 11.4 Å². The molecule has 0 saturated carbocycles. The summed E-state index contributed by atoms with van der Waals surface area (Å²) in [6.07, 6.45) is 0.222. The Labute approximate surface area is 146 Å². The van der Waals surface area contributed by atoms with Crippen LogP contribution in [0.15, 0.2) is 42.5 Å². The van der Waals surface area contributed by atoms with Crippen molar-refractivity contribution in [1.82, 2.24) is 0 Å². The van der Waals surface area contributed by atoms with E-state index in [0.29, 0.717) is 17.3 Å². The Balaban J connectivity index is 1.74. The number of halogens is 1. The lowest BCUT2D eigenvalue weighted by molar-refractivity contribution is -0.122. The highest BCUT2D eigenvalue weighted by Gasteiger charge is 2.35. The molecule has 0 unspecified atom stereocenters. The summed E-state index contributed by atoms with van der Waals surface area (Å²) in [6.45, 7) is 4.36. The molecule has 1 atom stereocenters. The number of carbonyl (C=O) groups is 2. The van der Waals surface area contributed by atoms with Crippen molar-refractivity contribution < 1.29 is 9.59 Å². The molecule has 2 aromatic rings. The molecule has 1 aliphatic heterocycles. The smallest absolute Gasteiger partial charge is 0.229 e. The number of hydrogen-bond acceptors (Lipinski definition) is 2. The second-order valence-electron chi connectivity index (χ2n) is 6.19. The fourth-order valence-electron chi connectivity index (χ4n) is 2.94. The van der Waals surface area contributed by atoms with Crippen LogP contribution in [0, 0.1) is 19.8 Å². The zero-order chi connectivity index (χ0) is 17.3. The van der Waals surface area contributed by atoms with E-state index in [4.69, 9.17) is 11.6 Å². The molecule has 0 radical (unpaired) electrons. The van der Waals surface area contributed by atoms with Crippen LogP contribution < -0.4 is 10.2 Å². The second kappa shape index (κ2) is 6.65. The van der Waals surface area contributed by atoms with Gasteiger partial charge in [0.2, 0.25) is 11.8 Å². The highest BCUT2D eigenvalue weighted by atomic mass is 35.5. The van der Waals surface area contributed by atoms with E-state index in [1.165, 1.54) is 0 Å². The van der Waals surface area contributed by atoms with Crippen LogP contribution in [0.1, 0.15) is 17.5 Å². The van der Waals surface area contributed by atoms with Crippen LogP contribution in [0.3, 0.4) is 0 Å². The molecule has 124 valence electrons. The van der Waals surface area contributed by atoms with Gasteiger partial charge in [0.05, 0.1) is 5.92 Å². The minimum Gasteiger partial charge on any atom is -0.326 e. The third-order valence-electron chi connectivity index (χ3n) is 4.24. The van der Waals surface area contributed by atoms with Crippen molar-refractivity contribution >= 4 is 34.8 Å². The van der Waals surface area contributed by atoms with Gasteiger partial charge in [0.15, 0.2) is 0 Å². The number of nitrogens with zero attached hydrogens (tertiary/aromatic N) is 1. The van der Waals surface area contributed by atoms with Gasteiger partial charge in [0.1, 0.15) is 0 Å². The Morgan fingerprint density at radius 3 is 2.75 bits per heavy atom. The summed E-state index contributed by atoms with van der Waals surface area (Å²) in [6, 6.07) is 13.0. The lowest BCUT2D eigenvalue weighted by Crippen LogP contribution is -2.28. The van der Waals surface area contributed by atoms with Crippen LogP contribution in [0.25, 0.3) is 0 Å². The molecule has 0 aromatic heterocycles. The van der Waals surface area contributed by atoms with E-state index in [-0.39, 0.29) is 24.2 Å². The zero-order valence-corrected chi connectivity index (χ0v) is 14.4. The van der Waals surface area contributed by atoms with Crippen LogP contribution in [0.2, 0.25) is 5.02 Å². The molecule has 0 spiro atoms. The first-order valence-electron chi connectivity index (χ1n) is 7.88. The zero-order valence-electron chi connectivity index (χ0n) is 13.7. The number of aryl methyl sites for hydroxylation is 2. The Hall–Kier alpha value is -2.33. The fraction of sp³-hybridized carbons (Fsp3) is 0.263. The summed E-state index contributed by atoms with van der Waals surface area (Å²) in [7, 11) is 0. The van der Waals surface area contributed by atoms with Gasteiger partial charge in [-0.25, -0.2) is 0 Å². The van der Waals surface area contributed by atoms with Crippen molar-refractivity contribution in [3.63, 3.8) is 0 Å². The van der Waals surface area contributed by atoms with E-state index in [1.54, 1.807) is 29.2 Å². The van der Waals surface area contributed by atoms with Gasteiger partial charge >= 0.3 is 0 Å². The Bertz CT molecular complexity index is 804. The van der Waals surface area contributed by atoms with E-state index in [0.717, 1.165) is 16.8 Å². The molecule has 0 bridgehead atoms. The van der Waals surface area contributed by atoms with Crippen molar-refractivity contribution in [2.45, 2.75) is 20.3 Å². The Morgan fingerprint density at radius 1 is 1.21 bits per heavy atom. The van der Waals surface area contributed by atoms with E-state index in [1.807, 2.05) is 32.0 Å². The summed E-state index contributed by atoms with van der Waals surface area (Å²) in [5.41, 5.74) is 3.66. The van der Waals surface area contributed by atoms with Crippen LogP contribution >= 0.6 is 11.6 Å². The number of anilines is 2. The average molecular weight is 343 g/mol. The Morgan fingerprint density at radius 2 is 2.00 bits per heavy atom. The first-order chi connectivity index (χ1) is 11.4. The van der Waals surface area contributed by atoms with Crippen molar-refractivity contribution in [2.75, 3.05) is 16.8 Å². The summed E-state index contributed by atoms with van der Waals surface area (Å²) in [4.78, 5) is 26.6. The molecule has 1 aliphatic rings. The lowest BCUT2D eigenvalue weighted by atomic mass is 10.1. The van der Waals surface area contributed by atoms with Crippen molar-refractivity contribution in [1.29, 1.82) is 0 Å². The third kappa shape index (κ3) is 3.44. The molecule has 24 heavy (non-hydrogen) atoms. The number of carbonyl (C=O) groups excluding carboxylic acids is 2. The predicted molar refractivity (Wildman–Crippen MR) is 96.5 cm³/mol. The topological polar surface area (TPSA) is 49.4 Å². The number of nitrogens with one attached hydrogen (secondary N) is 1. The quantitative estimate of drug-likeness (QED) is 0.918. The number of benzene rings is 2. The van der Waals surface area contributed by atoms with E-state index in [9.17, 15) is 9.59 Å². The molecule has 1 heterocycles. The van der Waals surface area contributed by atoms with Crippen molar-refractivity contribution in [3.8, 4) is 0 Å². The standard InChI is InChI=1S/C19H19ClN2O2/c1-12-6-7-13(2)17(8-12)22-11-14(9-18(22)23)19(24)21-16-5-3-4-15(20)10-16/h3-8,10,14H,9,11H2,1-2H3,(H,21,24)/t14-/m0/s1. The second-order valence-corrected chi connectivity index (χ2v) is 6.63. The molecule has 4 nitrogen and oxygen atoms in total. The van der Waals surface area contributed by atoms with Gasteiger partial charge < -0.3 is 10.2 Å². The molecule has 1 N–H and O–H groups in total. The van der Waals surface area contributed by atoms with E-state index < -0.39 is 0 Å². The minimum atomic E-state index is -0.364. The first-order valence-corrected chi connectivity index (χ1v) is 8.26. The fourth-order valence-corrected chi connectivity index (χ4v) is 3.13. The molecular weight excluding hydrogens is 324 g/mol. The number of hydrogen-bond donors (Lipinski definition) is 1. The highest BCUT2D eigenvalue weighted by molar-refractivity contribution is 6.30. The summed E-state index contributed by atoms with van der Waals surface area (Å²) < 4.78 is 0. The molecule has 3 rings (SSSR count). The van der Waals surface area contributed by atoms with Gasteiger partial charge in [-0.15, -0.1) is 0 Å². The van der Waals surface area contributed by atoms with Gasteiger partial charge in [-0.1, -0.05) is 29.8 Å². The summed E-state index contributed by atoms with van der Waals surface area (Å²) >= 11 is 5.93. The first kappa shape index (κ1) is 16.5. The van der Waals surface area contributed by atoms with Gasteiger partial charge in [-0.05, 0) is 49.2 Å². The lowest BCUT2D eigenvalue weighted by Gasteiger charge is -2.19. The molecule has 1 fully saturated rings. The maximum absolute atomic E-state index is 12.5. The maximum atomic E-state index is 12.5. The Kier molecular flexibility index (Phi) is 4.58. The molecule has 2 amide bonds. The normalized spacial score (nSPS) is 17.2. The van der Waals surface area contributed by atoms with E-state index >= 15 is 0 Å². The van der Waals surface area contributed by atoms with Crippen molar-refractivity contribution in [2.24, 2.45) is 5.92 Å². The van der Waals surface area contributed by atoms with Gasteiger partial charge in [0.25, 0.3) is 0 Å². The van der Waals surface area contributed by atoms with Gasteiger partial charge in [-0.2, -0.15) is 0 Å². The van der Waals surface area contributed by atoms with Crippen molar-refractivity contribution in [3.05, 3.63) is 58.6 Å². The maximum Gasteiger partial charge on any atom is 0.229 e. The average Bonchev–Trinajstić information content (AvgIpc) is 2.92. The minimum absolute atomic E-state index is 0.0186. The van der Waals surface area contributed by atoms with E-state index in [2.05, 4.69) is 5.32 Å². The summed E-state index contributed by atoms with van der Waals surface area (Å²) in [5.74, 6) is -0.537. The van der Waals surface area contributed by atoms with Crippen LogP contribution in [0.5, 0.6) is 0 Å². The predicted octanol–water partition coefficient (Wildman–Crippen LogP) is 3.95. The summed E-state index contributed by atoms with van der Waals surface area (Å²) in [5, 5.41) is 3.40. The third-order valence-corrected chi connectivity index (χ3v) is 4.48. The number of rotatable bonds is 3. The SMILES string of the molecule is Cc1ccc(C)c(N2C[C@@H](C(=O)Nc3cccc(Cl)c3)CC2=O)c1. The highest BCUT2D eigenvalue weighted by Crippen LogP contribution is 2.29. The molecule has 5 heteroatoms. The van der Waals surface area contributed by atoms with Crippen LogP contribution in [-0.2, 0) is 9.59 Å². The molecule has 1 saturated heterocycles. The van der Waals surface area contributed by atoms with Crippen LogP contribution in [-0.4, -0.2) is 18.4 Å². The number of amides is 2. The largest absolute Gasteiger partial charge is 0.326 e.